The minimum Gasteiger partial charge on any atom is -0.312 e. The van der Waals surface area contributed by atoms with Crippen LogP contribution in [0.15, 0.2) is 30.5 Å². The van der Waals surface area contributed by atoms with Gasteiger partial charge in [0.15, 0.2) is 0 Å². The molecule has 4 heteroatoms. The maximum atomic E-state index is 3.93. The molecule has 19 heavy (non-hydrogen) atoms. The predicted octanol–water partition coefficient (Wildman–Crippen LogP) is 3.34. The second-order valence-corrected chi connectivity index (χ2v) is 6.63. The highest BCUT2D eigenvalue weighted by atomic mass is 32.1. The summed E-state index contributed by atoms with van der Waals surface area (Å²) in [6.45, 7) is 6.71. The molecule has 3 nitrogen and oxygen atoms in total. The third kappa shape index (κ3) is 3.61. The van der Waals surface area contributed by atoms with Gasteiger partial charge in [-0.3, -0.25) is 0 Å². The number of nitrogens with one attached hydrogen (secondary N) is 1. The van der Waals surface area contributed by atoms with Gasteiger partial charge in [0.1, 0.15) is 0 Å². The average Bonchev–Trinajstić information content (AvgIpc) is 2.89. The van der Waals surface area contributed by atoms with Gasteiger partial charge in [-0.25, -0.2) is 0 Å². The molecule has 1 N–H and O–H groups in total. The number of aromatic nitrogens is 2. The Kier molecular flexibility index (Phi) is 4.32. The number of benzene rings is 1. The van der Waals surface area contributed by atoms with Crippen molar-refractivity contribution in [3.05, 3.63) is 46.5 Å². The van der Waals surface area contributed by atoms with Crippen LogP contribution in [-0.2, 0) is 11.8 Å². The summed E-state index contributed by atoms with van der Waals surface area (Å²) in [6, 6.07) is 9.19. The summed E-state index contributed by atoms with van der Waals surface area (Å²) < 4.78 is 3.93. The van der Waals surface area contributed by atoms with Crippen LogP contribution in [0.5, 0.6) is 0 Å². The Bertz CT molecular complexity index is 497. The van der Waals surface area contributed by atoms with Crippen molar-refractivity contribution in [2.24, 2.45) is 0 Å². The van der Waals surface area contributed by atoms with E-state index in [9.17, 15) is 0 Å². The lowest BCUT2D eigenvalue weighted by atomic mass is 9.86. The van der Waals surface area contributed by atoms with Crippen LogP contribution in [0, 0.1) is 0 Å². The monoisotopic (exact) mass is 275 g/mol. The number of hydrogen-bond acceptors (Lipinski definition) is 4. The van der Waals surface area contributed by atoms with Gasteiger partial charge in [0.05, 0.1) is 11.1 Å². The van der Waals surface area contributed by atoms with E-state index in [0.717, 1.165) is 6.42 Å². The van der Waals surface area contributed by atoms with E-state index in [1.54, 1.807) is 0 Å². The SMILES string of the molecule is CNC(Cc1ccc(C(C)(C)C)cc1)c1cnns1. The Labute approximate surface area is 119 Å². The largest absolute Gasteiger partial charge is 0.312 e. The molecule has 2 rings (SSSR count). The summed E-state index contributed by atoms with van der Waals surface area (Å²) in [5.41, 5.74) is 2.92. The zero-order valence-electron chi connectivity index (χ0n) is 12.0. The molecule has 0 spiro atoms. The number of nitrogens with zero attached hydrogens (tertiary/aromatic N) is 2. The molecular weight excluding hydrogens is 254 g/mol. The molecule has 2 aromatic rings. The molecule has 0 saturated carbocycles. The summed E-state index contributed by atoms with van der Waals surface area (Å²) in [4.78, 5) is 1.18. The second kappa shape index (κ2) is 5.80. The Morgan fingerprint density at radius 1 is 1.21 bits per heavy atom. The normalized spacial score (nSPS) is 13.5. The van der Waals surface area contributed by atoms with Gasteiger partial charge < -0.3 is 5.32 Å². The lowest BCUT2D eigenvalue weighted by Crippen LogP contribution is -2.18. The minimum absolute atomic E-state index is 0.211. The van der Waals surface area contributed by atoms with Crippen molar-refractivity contribution < 1.29 is 0 Å². The molecule has 1 aromatic carbocycles. The van der Waals surface area contributed by atoms with Gasteiger partial charge in [-0.05, 0) is 41.5 Å². The Morgan fingerprint density at radius 3 is 2.37 bits per heavy atom. The van der Waals surface area contributed by atoms with E-state index < -0.39 is 0 Å². The molecule has 0 fully saturated rings. The van der Waals surface area contributed by atoms with Gasteiger partial charge in [0.25, 0.3) is 0 Å². The molecule has 0 radical (unpaired) electrons. The first-order valence-corrected chi connectivity index (χ1v) is 7.32. The van der Waals surface area contributed by atoms with Crippen LogP contribution < -0.4 is 5.32 Å². The third-order valence-corrected chi connectivity index (χ3v) is 4.11. The highest BCUT2D eigenvalue weighted by Crippen LogP contribution is 2.24. The first-order valence-electron chi connectivity index (χ1n) is 6.54. The lowest BCUT2D eigenvalue weighted by Gasteiger charge is -2.20. The Morgan fingerprint density at radius 2 is 1.89 bits per heavy atom. The van der Waals surface area contributed by atoms with E-state index in [2.05, 4.69) is 59.9 Å². The maximum Gasteiger partial charge on any atom is 0.0669 e. The number of hydrogen-bond donors (Lipinski definition) is 1. The van der Waals surface area contributed by atoms with Gasteiger partial charge in [-0.15, -0.1) is 5.10 Å². The topological polar surface area (TPSA) is 37.8 Å². The van der Waals surface area contributed by atoms with E-state index in [0.29, 0.717) is 6.04 Å². The predicted molar refractivity (Wildman–Crippen MR) is 80.6 cm³/mol. The quantitative estimate of drug-likeness (QED) is 0.930. The molecule has 102 valence electrons. The second-order valence-electron chi connectivity index (χ2n) is 5.81. The van der Waals surface area contributed by atoms with E-state index in [1.807, 2.05) is 13.2 Å². The van der Waals surface area contributed by atoms with E-state index >= 15 is 0 Å². The van der Waals surface area contributed by atoms with Gasteiger partial charge >= 0.3 is 0 Å². The molecule has 1 atom stereocenters. The first kappa shape index (κ1) is 14.2. The fraction of sp³-hybridized carbons (Fsp3) is 0.467. The first-order chi connectivity index (χ1) is 9.00. The molecule has 0 aliphatic rings. The van der Waals surface area contributed by atoms with Gasteiger partial charge in [-0.2, -0.15) is 0 Å². The average molecular weight is 275 g/mol. The highest BCUT2D eigenvalue weighted by molar-refractivity contribution is 7.05. The lowest BCUT2D eigenvalue weighted by molar-refractivity contribution is 0.586. The number of likely N-dealkylation sites (N-methyl/N-ethyl adjacent to an activating group) is 1. The van der Waals surface area contributed by atoms with Gasteiger partial charge in [0, 0.05) is 6.04 Å². The third-order valence-electron chi connectivity index (χ3n) is 3.33. The van der Waals surface area contributed by atoms with Crippen LogP contribution in [0.1, 0.15) is 42.8 Å². The summed E-state index contributed by atoms with van der Waals surface area (Å²) in [5, 5.41) is 7.24. The van der Waals surface area contributed by atoms with Crippen LogP contribution in [0.3, 0.4) is 0 Å². The van der Waals surface area contributed by atoms with Crippen molar-refractivity contribution >= 4 is 11.5 Å². The minimum atomic E-state index is 0.211. The zero-order chi connectivity index (χ0) is 13.9. The molecule has 0 amide bonds. The maximum absolute atomic E-state index is 3.93. The smallest absolute Gasteiger partial charge is 0.0669 e. The molecule has 0 bridgehead atoms. The standard InChI is InChI=1S/C15H21N3S/c1-15(2,3)12-7-5-11(6-8-12)9-13(16-4)14-10-17-18-19-14/h5-8,10,13,16H,9H2,1-4H3. The van der Waals surface area contributed by atoms with Crippen molar-refractivity contribution in [2.45, 2.75) is 38.6 Å². The van der Waals surface area contributed by atoms with Crippen molar-refractivity contribution in [2.75, 3.05) is 7.05 Å². The van der Waals surface area contributed by atoms with Crippen molar-refractivity contribution in [3.8, 4) is 0 Å². The Balaban J connectivity index is 2.11. The van der Waals surface area contributed by atoms with E-state index in [-0.39, 0.29) is 5.41 Å². The highest BCUT2D eigenvalue weighted by Gasteiger charge is 2.15. The molecule has 0 aliphatic heterocycles. The number of rotatable bonds is 4. The van der Waals surface area contributed by atoms with Crippen molar-refractivity contribution in [3.63, 3.8) is 0 Å². The van der Waals surface area contributed by atoms with Crippen LogP contribution >= 0.6 is 11.5 Å². The van der Waals surface area contributed by atoms with Crippen LogP contribution in [-0.4, -0.2) is 16.6 Å². The van der Waals surface area contributed by atoms with E-state index in [1.165, 1.54) is 27.5 Å². The molecule has 0 saturated heterocycles. The summed E-state index contributed by atoms with van der Waals surface area (Å²) in [6.07, 6.45) is 2.81. The van der Waals surface area contributed by atoms with Crippen LogP contribution in [0.4, 0.5) is 0 Å². The molecule has 1 aromatic heterocycles. The van der Waals surface area contributed by atoms with Crippen LogP contribution in [0.2, 0.25) is 0 Å². The van der Waals surface area contributed by atoms with E-state index in [4.69, 9.17) is 0 Å². The fourth-order valence-electron chi connectivity index (χ4n) is 2.05. The Hall–Kier alpha value is -1.26. The van der Waals surface area contributed by atoms with Crippen molar-refractivity contribution in [1.82, 2.24) is 14.9 Å². The fourth-order valence-corrected chi connectivity index (χ4v) is 2.66. The zero-order valence-corrected chi connectivity index (χ0v) is 12.8. The molecule has 1 heterocycles. The summed E-state index contributed by atoms with van der Waals surface area (Å²) >= 11 is 1.46. The van der Waals surface area contributed by atoms with Crippen LogP contribution in [0.25, 0.3) is 0 Å². The van der Waals surface area contributed by atoms with Crippen molar-refractivity contribution in [1.29, 1.82) is 0 Å². The molecule has 0 aliphatic carbocycles. The summed E-state index contributed by atoms with van der Waals surface area (Å²) in [7, 11) is 1.98. The molecule has 1 unspecified atom stereocenters. The molecular formula is C15H21N3S. The van der Waals surface area contributed by atoms with Gasteiger partial charge in [0.2, 0.25) is 0 Å². The van der Waals surface area contributed by atoms with Gasteiger partial charge in [-0.1, -0.05) is 49.5 Å². The summed E-state index contributed by atoms with van der Waals surface area (Å²) in [5.74, 6) is 0.